The lowest BCUT2D eigenvalue weighted by Crippen LogP contribution is -2.39. The van der Waals surface area contributed by atoms with Crippen molar-refractivity contribution in [2.75, 3.05) is 0 Å². The van der Waals surface area contributed by atoms with Gasteiger partial charge in [-0.3, -0.25) is 0 Å². The van der Waals surface area contributed by atoms with Gasteiger partial charge >= 0.3 is 0 Å². The van der Waals surface area contributed by atoms with Crippen molar-refractivity contribution in [1.82, 2.24) is 0 Å². The number of thiol groups is 1. The third-order valence-electron chi connectivity index (χ3n) is 5.65. The normalized spacial score (nSPS) is 23.6. The highest BCUT2D eigenvalue weighted by atomic mass is 33.1. The van der Waals surface area contributed by atoms with E-state index in [4.69, 9.17) is 0 Å². The number of rotatable bonds is 3. The van der Waals surface area contributed by atoms with Crippen LogP contribution in [0.25, 0.3) is 0 Å². The second-order valence-corrected chi connectivity index (χ2v) is 7.81. The Labute approximate surface area is 132 Å². The molecule has 2 aliphatic carbocycles. The first-order valence-corrected chi connectivity index (χ1v) is 10.1. The fourth-order valence-corrected chi connectivity index (χ4v) is 5.68. The van der Waals surface area contributed by atoms with E-state index in [1.165, 1.54) is 69.1 Å². The Morgan fingerprint density at radius 1 is 0.900 bits per heavy atom. The maximum absolute atomic E-state index is 4.52. The van der Waals surface area contributed by atoms with Crippen LogP contribution in [0.2, 0.25) is 0 Å². The van der Waals surface area contributed by atoms with Crippen LogP contribution in [0.4, 0.5) is 0 Å². The van der Waals surface area contributed by atoms with Crippen molar-refractivity contribution < 1.29 is 0 Å². The van der Waals surface area contributed by atoms with Crippen molar-refractivity contribution >= 4 is 22.5 Å². The molecule has 0 atom stereocenters. The molecule has 2 heteroatoms. The van der Waals surface area contributed by atoms with Gasteiger partial charge in [0.25, 0.3) is 0 Å². The summed E-state index contributed by atoms with van der Waals surface area (Å²) in [5.74, 6) is 0.915. The molecule has 0 heterocycles. The molecule has 2 fully saturated rings. The van der Waals surface area contributed by atoms with E-state index in [0.717, 1.165) is 5.92 Å². The minimum absolute atomic E-state index is 0.463. The predicted octanol–water partition coefficient (Wildman–Crippen LogP) is 6.41. The van der Waals surface area contributed by atoms with Gasteiger partial charge < -0.3 is 0 Å². The van der Waals surface area contributed by atoms with Crippen LogP contribution >= 0.6 is 22.5 Å². The Hall–Kier alpha value is -0.0800. The van der Waals surface area contributed by atoms with E-state index in [9.17, 15) is 0 Å². The fraction of sp³-hybridized carbons (Fsp3) is 0.667. The average molecular weight is 307 g/mol. The molecule has 1 aromatic rings. The third kappa shape index (κ3) is 2.78. The second kappa shape index (κ2) is 6.79. The van der Waals surface area contributed by atoms with Crippen molar-refractivity contribution in [2.24, 2.45) is 5.92 Å². The van der Waals surface area contributed by atoms with E-state index in [-0.39, 0.29) is 0 Å². The molecule has 0 bridgehead atoms. The zero-order valence-corrected chi connectivity index (χ0v) is 14.0. The van der Waals surface area contributed by atoms with Gasteiger partial charge in [-0.15, -0.1) is 11.7 Å². The SMILES string of the molecule is SSc1ccccc1C1(C2CCCCC2)CCCCC1. The van der Waals surface area contributed by atoms with Gasteiger partial charge in [0.1, 0.15) is 0 Å². The van der Waals surface area contributed by atoms with Crippen molar-refractivity contribution in [3.63, 3.8) is 0 Å². The Morgan fingerprint density at radius 2 is 1.55 bits per heavy atom. The molecule has 0 spiro atoms. The van der Waals surface area contributed by atoms with E-state index >= 15 is 0 Å². The van der Waals surface area contributed by atoms with E-state index in [0.29, 0.717) is 5.41 Å². The van der Waals surface area contributed by atoms with E-state index in [2.05, 4.69) is 35.9 Å². The Balaban J connectivity index is 1.99. The van der Waals surface area contributed by atoms with E-state index in [1.54, 1.807) is 16.4 Å². The molecule has 3 rings (SSSR count). The van der Waals surface area contributed by atoms with Crippen molar-refractivity contribution in [3.8, 4) is 0 Å². The molecule has 0 N–H and O–H groups in total. The number of hydrogen-bond donors (Lipinski definition) is 1. The molecule has 2 aliphatic rings. The molecule has 0 radical (unpaired) electrons. The first-order valence-electron chi connectivity index (χ1n) is 8.28. The number of hydrogen-bond acceptors (Lipinski definition) is 2. The average Bonchev–Trinajstić information content (AvgIpc) is 2.56. The first-order chi connectivity index (χ1) is 9.87. The van der Waals surface area contributed by atoms with Crippen LogP contribution in [0.5, 0.6) is 0 Å². The smallest absolute Gasteiger partial charge is 0.0218 e. The molecular weight excluding hydrogens is 280 g/mol. The number of benzene rings is 1. The monoisotopic (exact) mass is 306 g/mol. The molecule has 0 amide bonds. The quantitative estimate of drug-likeness (QED) is 0.497. The summed E-state index contributed by atoms with van der Waals surface area (Å²) in [6.07, 6.45) is 14.3. The van der Waals surface area contributed by atoms with Gasteiger partial charge in [0, 0.05) is 4.90 Å². The lowest BCUT2D eigenvalue weighted by Gasteiger charge is -2.46. The zero-order valence-electron chi connectivity index (χ0n) is 12.3. The molecule has 2 saturated carbocycles. The lowest BCUT2D eigenvalue weighted by molar-refractivity contribution is 0.145. The van der Waals surface area contributed by atoms with E-state index in [1.807, 2.05) is 0 Å². The van der Waals surface area contributed by atoms with Crippen molar-refractivity contribution in [2.45, 2.75) is 74.5 Å². The maximum atomic E-state index is 4.52. The molecule has 1 aromatic carbocycles. The third-order valence-corrected chi connectivity index (χ3v) is 6.80. The molecule has 0 aromatic heterocycles. The molecule has 110 valence electrons. The molecule has 0 saturated heterocycles. The summed E-state index contributed by atoms with van der Waals surface area (Å²) in [6.45, 7) is 0. The summed E-state index contributed by atoms with van der Waals surface area (Å²) in [5.41, 5.74) is 2.08. The summed E-state index contributed by atoms with van der Waals surface area (Å²) >= 11 is 4.52. The van der Waals surface area contributed by atoms with Gasteiger partial charge in [-0.2, -0.15) is 0 Å². The van der Waals surface area contributed by atoms with Gasteiger partial charge in [0.05, 0.1) is 0 Å². The fourth-order valence-electron chi connectivity index (χ4n) is 4.69. The predicted molar refractivity (Wildman–Crippen MR) is 92.6 cm³/mol. The molecule has 20 heavy (non-hydrogen) atoms. The summed E-state index contributed by atoms with van der Waals surface area (Å²) in [6, 6.07) is 9.08. The highest BCUT2D eigenvalue weighted by Gasteiger charge is 2.42. The van der Waals surface area contributed by atoms with Crippen LogP contribution in [-0.2, 0) is 5.41 Å². The first kappa shape index (κ1) is 14.8. The molecule has 0 aliphatic heterocycles. The summed E-state index contributed by atoms with van der Waals surface area (Å²) in [5, 5.41) is 0. The van der Waals surface area contributed by atoms with Gasteiger partial charge in [-0.1, -0.05) is 67.5 Å². The molecule has 0 unspecified atom stereocenters. The van der Waals surface area contributed by atoms with Crippen LogP contribution in [0.15, 0.2) is 29.2 Å². The lowest BCUT2D eigenvalue weighted by atomic mass is 9.58. The van der Waals surface area contributed by atoms with Crippen LogP contribution in [0, 0.1) is 5.92 Å². The van der Waals surface area contributed by atoms with Crippen LogP contribution in [0.1, 0.15) is 69.8 Å². The van der Waals surface area contributed by atoms with Gasteiger partial charge in [0.2, 0.25) is 0 Å². The highest BCUT2D eigenvalue weighted by Crippen LogP contribution is 2.52. The molecular formula is C18H26S2. The van der Waals surface area contributed by atoms with Gasteiger partial charge in [-0.25, -0.2) is 0 Å². The molecule has 0 nitrogen and oxygen atoms in total. The second-order valence-electron chi connectivity index (χ2n) is 6.64. The Bertz CT molecular complexity index is 429. The maximum Gasteiger partial charge on any atom is 0.0218 e. The minimum atomic E-state index is 0.463. The minimum Gasteiger partial charge on any atom is -0.106 e. The topological polar surface area (TPSA) is 0 Å². The van der Waals surface area contributed by atoms with Crippen molar-refractivity contribution in [3.05, 3.63) is 29.8 Å². The van der Waals surface area contributed by atoms with Gasteiger partial charge in [0.15, 0.2) is 0 Å². The van der Waals surface area contributed by atoms with Gasteiger partial charge in [-0.05, 0) is 48.6 Å². The summed E-state index contributed by atoms with van der Waals surface area (Å²) in [4.78, 5) is 1.41. The van der Waals surface area contributed by atoms with E-state index < -0.39 is 0 Å². The largest absolute Gasteiger partial charge is 0.106 e. The van der Waals surface area contributed by atoms with Crippen LogP contribution < -0.4 is 0 Å². The standard InChI is InChI=1S/C18H26S2/c19-20-17-12-6-5-11-16(17)18(13-7-2-8-14-18)15-9-3-1-4-10-15/h5-6,11-12,15,19H,1-4,7-10,13-14H2. The van der Waals surface area contributed by atoms with Crippen LogP contribution in [0.3, 0.4) is 0 Å². The van der Waals surface area contributed by atoms with Crippen LogP contribution in [-0.4, -0.2) is 0 Å². The Kier molecular flexibility index (Phi) is 5.04. The zero-order chi connectivity index (χ0) is 13.8. The van der Waals surface area contributed by atoms with Crippen molar-refractivity contribution in [1.29, 1.82) is 0 Å². The summed E-state index contributed by atoms with van der Waals surface area (Å²) in [7, 11) is 1.65. The highest BCUT2D eigenvalue weighted by molar-refractivity contribution is 8.68. The summed E-state index contributed by atoms with van der Waals surface area (Å²) < 4.78 is 0. The Morgan fingerprint density at radius 3 is 2.25 bits per heavy atom.